The lowest BCUT2D eigenvalue weighted by Gasteiger charge is -2.25. The second kappa shape index (κ2) is 6.71. The van der Waals surface area contributed by atoms with Crippen LogP contribution in [0.15, 0.2) is 6.20 Å². The molecule has 0 aliphatic heterocycles. The molecule has 17 heavy (non-hydrogen) atoms. The highest BCUT2D eigenvalue weighted by atomic mass is 16.3. The van der Waals surface area contributed by atoms with Crippen molar-refractivity contribution < 1.29 is 10.2 Å². The Kier molecular flexibility index (Phi) is 5.58. The minimum Gasteiger partial charge on any atom is -0.390 e. The Balaban J connectivity index is 2.80. The molecule has 0 aliphatic rings. The fourth-order valence-corrected chi connectivity index (χ4v) is 2.08. The molecule has 1 aromatic heterocycles. The van der Waals surface area contributed by atoms with Crippen molar-refractivity contribution in [2.45, 2.75) is 58.8 Å². The van der Waals surface area contributed by atoms with E-state index in [-0.39, 0.29) is 5.92 Å². The molecule has 0 aromatic carbocycles. The molecule has 0 aliphatic carbocycles. The molecule has 0 saturated carbocycles. The first-order valence-electron chi connectivity index (χ1n) is 6.40. The van der Waals surface area contributed by atoms with Crippen LogP contribution in [0.1, 0.15) is 51.8 Å². The Hall–Kier alpha value is -0.940. The lowest BCUT2D eigenvalue weighted by molar-refractivity contribution is -0.0252. The largest absolute Gasteiger partial charge is 0.390 e. The van der Waals surface area contributed by atoms with Crippen LogP contribution in [0, 0.1) is 5.92 Å². The Labute approximate surface area is 102 Å². The van der Waals surface area contributed by atoms with Crippen LogP contribution in [0.3, 0.4) is 0 Å². The van der Waals surface area contributed by atoms with Crippen molar-refractivity contribution in [1.82, 2.24) is 15.0 Å². The minimum atomic E-state index is -0.901. The molecular formula is C12H23N3O2. The van der Waals surface area contributed by atoms with Crippen molar-refractivity contribution in [2.24, 2.45) is 5.92 Å². The summed E-state index contributed by atoms with van der Waals surface area (Å²) in [6.45, 7) is 6.79. The topological polar surface area (TPSA) is 71.2 Å². The Bertz CT molecular complexity index is 323. The van der Waals surface area contributed by atoms with Crippen LogP contribution >= 0.6 is 0 Å². The van der Waals surface area contributed by atoms with Gasteiger partial charge in [-0.15, -0.1) is 5.10 Å². The Morgan fingerprint density at radius 2 is 1.88 bits per heavy atom. The molecule has 1 rings (SSSR count). The summed E-state index contributed by atoms with van der Waals surface area (Å²) >= 11 is 0. The van der Waals surface area contributed by atoms with Gasteiger partial charge in [-0.2, -0.15) is 0 Å². The molecule has 5 heteroatoms. The average molecular weight is 241 g/mol. The molecule has 0 amide bonds. The van der Waals surface area contributed by atoms with Crippen molar-refractivity contribution in [3.05, 3.63) is 11.9 Å². The van der Waals surface area contributed by atoms with Gasteiger partial charge in [-0.05, 0) is 12.3 Å². The Morgan fingerprint density at radius 3 is 2.41 bits per heavy atom. The second-order valence-corrected chi connectivity index (χ2v) is 4.39. The molecule has 2 unspecified atom stereocenters. The van der Waals surface area contributed by atoms with Gasteiger partial charge >= 0.3 is 0 Å². The lowest BCUT2D eigenvalue weighted by atomic mass is 9.91. The van der Waals surface area contributed by atoms with Crippen molar-refractivity contribution in [3.63, 3.8) is 0 Å². The average Bonchev–Trinajstić information content (AvgIpc) is 2.78. The van der Waals surface area contributed by atoms with E-state index in [0.29, 0.717) is 12.2 Å². The smallest absolute Gasteiger partial charge is 0.123 e. The summed E-state index contributed by atoms with van der Waals surface area (Å²) in [6, 6.07) is 0. The van der Waals surface area contributed by atoms with E-state index in [4.69, 9.17) is 0 Å². The van der Waals surface area contributed by atoms with Gasteiger partial charge in [0, 0.05) is 6.54 Å². The third-order valence-electron chi connectivity index (χ3n) is 3.24. The van der Waals surface area contributed by atoms with Crippen LogP contribution in [0.25, 0.3) is 0 Å². The predicted octanol–water partition coefficient (Wildman–Crippen LogP) is 1.52. The standard InChI is InChI=1S/C12H23N3O2/c1-4-7-15-10(8-13-14-15)12(17)11(16)9(5-2)6-3/h8-9,11-12,16-17H,4-7H2,1-3H3. The maximum Gasteiger partial charge on any atom is 0.123 e. The molecule has 1 aromatic rings. The fraction of sp³-hybridized carbons (Fsp3) is 0.833. The maximum atomic E-state index is 10.2. The van der Waals surface area contributed by atoms with Gasteiger partial charge in [0.1, 0.15) is 6.10 Å². The highest BCUT2D eigenvalue weighted by molar-refractivity contribution is 5.02. The van der Waals surface area contributed by atoms with Gasteiger partial charge in [-0.3, -0.25) is 0 Å². The normalized spacial score (nSPS) is 15.2. The van der Waals surface area contributed by atoms with Crippen LogP contribution in [-0.2, 0) is 6.54 Å². The van der Waals surface area contributed by atoms with Crippen LogP contribution in [0.4, 0.5) is 0 Å². The van der Waals surface area contributed by atoms with Crippen molar-refractivity contribution >= 4 is 0 Å². The molecule has 0 saturated heterocycles. The molecule has 0 radical (unpaired) electrons. The second-order valence-electron chi connectivity index (χ2n) is 4.39. The van der Waals surface area contributed by atoms with Gasteiger partial charge in [0.2, 0.25) is 0 Å². The summed E-state index contributed by atoms with van der Waals surface area (Å²) < 4.78 is 1.66. The molecule has 1 heterocycles. The minimum absolute atomic E-state index is 0.106. The molecule has 2 atom stereocenters. The zero-order valence-electron chi connectivity index (χ0n) is 10.9. The van der Waals surface area contributed by atoms with Crippen LogP contribution in [-0.4, -0.2) is 31.3 Å². The number of hydrogen-bond acceptors (Lipinski definition) is 4. The number of nitrogens with zero attached hydrogens (tertiary/aromatic N) is 3. The van der Waals surface area contributed by atoms with E-state index < -0.39 is 12.2 Å². The summed E-state index contributed by atoms with van der Waals surface area (Å²) in [5, 5.41) is 28.0. The number of aliphatic hydroxyl groups excluding tert-OH is 2. The van der Waals surface area contributed by atoms with Gasteiger partial charge < -0.3 is 10.2 Å². The Morgan fingerprint density at radius 1 is 1.24 bits per heavy atom. The van der Waals surface area contributed by atoms with Crippen LogP contribution < -0.4 is 0 Å². The van der Waals surface area contributed by atoms with E-state index >= 15 is 0 Å². The molecule has 0 bridgehead atoms. The first kappa shape index (κ1) is 14.1. The van der Waals surface area contributed by atoms with E-state index in [9.17, 15) is 10.2 Å². The summed E-state index contributed by atoms with van der Waals surface area (Å²) in [6.07, 6.45) is 2.50. The first-order valence-corrected chi connectivity index (χ1v) is 6.40. The van der Waals surface area contributed by atoms with Crippen LogP contribution in [0.5, 0.6) is 0 Å². The zero-order chi connectivity index (χ0) is 12.8. The van der Waals surface area contributed by atoms with Gasteiger partial charge in [0.25, 0.3) is 0 Å². The van der Waals surface area contributed by atoms with E-state index in [1.54, 1.807) is 4.68 Å². The lowest BCUT2D eigenvalue weighted by Crippen LogP contribution is -2.28. The van der Waals surface area contributed by atoms with Gasteiger partial charge in [0.05, 0.1) is 18.0 Å². The number of aromatic nitrogens is 3. The van der Waals surface area contributed by atoms with E-state index in [1.165, 1.54) is 6.20 Å². The number of rotatable bonds is 7. The third kappa shape index (κ3) is 3.26. The number of aryl methyl sites for hydroxylation is 1. The highest BCUT2D eigenvalue weighted by Crippen LogP contribution is 2.25. The molecule has 98 valence electrons. The zero-order valence-corrected chi connectivity index (χ0v) is 10.9. The van der Waals surface area contributed by atoms with Crippen molar-refractivity contribution in [1.29, 1.82) is 0 Å². The van der Waals surface area contributed by atoms with Crippen molar-refractivity contribution in [3.8, 4) is 0 Å². The van der Waals surface area contributed by atoms with Crippen molar-refractivity contribution in [2.75, 3.05) is 0 Å². The summed E-state index contributed by atoms with van der Waals surface area (Å²) in [5.41, 5.74) is 0.603. The molecule has 2 N–H and O–H groups in total. The summed E-state index contributed by atoms with van der Waals surface area (Å²) in [7, 11) is 0. The molecule has 5 nitrogen and oxygen atoms in total. The first-order chi connectivity index (χ1) is 8.15. The SMILES string of the molecule is CCCn1nncc1C(O)C(O)C(CC)CC. The van der Waals surface area contributed by atoms with Gasteiger partial charge in [-0.25, -0.2) is 4.68 Å². The predicted molar refractivity (Wildman–Crippen MR) is 65.4 cm³/mol. The third-order valence-corrected chi connectivity index (χ3v) is 3.24. The van der Waals surface area contributed by atoms with Gasteiger partial charge in [-0.1, -0.05) is 38.8 Å². The number of hydrogen-bond donors (Lipinski definition) is 2. The number of aliphatic hydroxyl groups is 2. The maximum absolute atomic E-state index is 10.2. The van der Waals surface area contributed by atoms with E-state index in [0.717, 1.165) is 19.3 Å². The monoisotopic (exact) mass is 241 g/mol. The van der Waals surface area contributed by atoms with Crippen LogP contribution in [0.2, 0.25) is 0 Å². The molecule has 0 fully saturated rings. The summed E-state index contributed by atoms with van der Waals surface area (Å²) in [5.74, 6) is 0.106. The van der Waals surface area contributed by atoms with E-state index in [1.807, 2.05) is 20.8 Å². The highest BCUT2D eigenvalue weighted by Gasteiger charge is 2.27. The van der Waals surface area contributed by atoms with E-state index in [2.05, 4.69) is 10.3 Å². The molecule has 0 spiro atoms. The fourth-order valence-electron chi connectivity index (χ4n) is 2.08. The summed E-state index contributed by atoms with van der Waals surface area (Å²) in [4.78, 5) is 0. The molecular weight excluding hydrogens is 218 g/mol. The van der Waals surface area contributed by atoms with Gasteiger partial charge in [0.15, 0.2) is 0 Å². The quantitative estimate of drug-likeness (QED) is 0.759.